The molecule has 2 atom stereocenters. The Kier molecular flexibility index (Phi) is 8.52. The van der Waals surface area contributed by atoms with Gasteiger partial charge in [0.05, 0.1) is 32.7 Å². The van der Waals surface area contributed by atoms with E-state index in [4.69, 9.17) is 9.72 Å². The average molecular weight is 827 g/mol. The van der Waals surface area contributed by atoms with Crippen molar-refractivity contribution in [3.63, 3.8) is 0 Å². The maximum Gasteiger partial charge on any atom is 0.238 e. The monoisotopic (exact) mass is 826 g/mol. The predicted molar refractivity (Wildman–Crippen MR) is 254 cm³/mol. The Bertz CT molecular complexity index is 3610. The highest BCUT2D eigenvalue weighted by Gasteiger charge is 2.42. The number of aromatic nitrogens is 4. The number of aromatic amines is 3. The molecule has 8 nitrogen and oxygen atoms in total. The standard InChI is InChI=1S/C55H47N5O3/c1-27(2)24-29(5)34-20-21-37-44-35(18-16-32(25-61)40(34)44)46-48(37)59-52-43(31-14-10-7-11-15-31)53-51(42(50(52)57-46)30-12-8-6-9-13-30)58-47-36-19-17-33(26-62)41-39(54-55(63-54)56-28(3)4)23-22-38(45(36)41)49(47)60-53/h6-8,10,12,14,16-23,25-28,54-57,60H,5,9,11,13,15,24H2,1-4H3/p+1. The first-order chi connectivity index (χ1) is 30.7. The number of nitrogens with one attached hydrogen (secondary N) is 4. The Hall–Kier alpha value is -6.74. The van der Waals surface area contributed by atoms with Gasteiger partial charge >= 0.3 is 0 Å². The van der Waals surface area contributed by atoms with E-state index in [9.17, 15) is 9.59 Å². The van der Waals surface area contributed by atoms with Crippen LogP contribution in [0.2, 0.25) is 0 Å². The summed E-state index contributed by atoms with van der Waals surface area (Å²) in [7, 11) is 0. The van der Waals surface area contributed by atoms with Crippen LogP contribution in [0.25, 0.3) is 81.9 Å². The van der Waals surface area contributed by atoms with E-state index >= 15 is 0 Å². The second-order valence-corrected chi connectivity index (χ2v) is 18.5. The first kappa shape index (κ1) is 38.0. The zero-order chi connectivity index (χ0) is 42.8. The molecule has 8 heteroatoms. The van der Waals surface area contributed by atoms with Gasteiger partial charge in [-0.25, -0.2) is 9.97 Å². The minimum atomic E-state index is -0.143. The largest absolute Gasteiger partial charge is 0.351 e. The van der Waals surface area contributed by atoms with Crippen LogP contribution >= 0.6 is 0 Å². The van der Waals surface area contributed by atoms with E-state index in [2.05, 4.69) is 127 Å². The first-order valence-electron chi connectivity index (χ1n) is 22.4. The maximum atomic E-state index is 12.8. The molecule has 0 aromatic heterocycles. The van der Waals surface area contributed by atoms with Gasteiger partial charge in [-0.2, -0.15) is 0 Å². The van der Waals surface area contributed by atoms with E-state index in [1.165, 1.54) is 11.1 Å². The second kappa shape index (κ2) is 14.1. The number of hydrogen-bond donors (Lipinski definition) is 3. The Morgan fingerprint density at radius 2 is 1.44 bits per heavy atom. The number of carbonyl (C=O) groups excluding carboxylic acids is 2. The number of nitrogens with zero attached hydrogens (tertiary/aromatic N) is 1. The Labute approximate surface area is 363 Å². The lowest BCUT2D eigenvalue weighted by Gasteiger charge is -2.18. The summed E-state index contributed by atoms with van der Waals surface area (Å²) in [5.74, 6) is 0.430. The van der Waals surface area contributed by atoms with Gasteiger partial charge in [-0.3, -0.25) is 14.9 Å². The van der Waals surface area contributed by atoms with Crippen LogP contribution < -0.4 is 10.3 Å². The number of hydrogen-bond acceptors (Lipinski definition) is 5. The zero-order valence-electron chi connectivity index (χ0n) is 36.0. The van der Waals surface area contributed by atoms with Crippen LogP contribution in [-0.4, -0.2) is 39.8 Å². The van der Waals surface area contributed by atoms with Gasteiger partial charge in [-0.05, 0) is 91.2 Å². The lowest BCUT2D eigenvalue weighted by Crippen LogP contribution is -2.26. The van der Waals surface area contributed by atoms with Gasteiger partial charge in [-0.1, -0.05) is 99.3 Å². The number of allylic oxidation sites excluding steroid dienone is 9. The lowest BCUT2D eigenvalue weighted by molar-refractivity contribution is -0.356. The predicted octanol–water partition coefficient (Wildman–Crippen LogP) is 11.9. The molecule has 0 radical (unpaired) electrons. The summed E-state index contributed by atoms with van der Waals surface area (Å²) in [6, 6.07) is 17.0. The van der Waals surface area contributed by atoms with E-state index in [-0.39, 0.29) is 18.4 Å². The highest BCUT2D eigenvalue weighted by atomic mass is 16.6. The van der Waals surface area contributed by atoms with E-state index in [0.717, 1.165) is 159 Å². The molecule has 5 aromatic carbocycles. The Morgan fingerprint density at radius 3 is 2.14 bits per heavy atom. The number of ether oxygens (including phenoxy) is 1. The molecule has 1 saturated heterocycles. The molecule has 3 aliphatic heterocycles. The van der Waals surface area contributed by atoms with E-state index in [1.807, 2.05) is 12.1 Å². The summed E-state index contributed by atoms with van der Waals surface area (Å²) < 4.78 is 6.19. The molecule has 63 heavy (non-hydrogen) atoms. The lowest BCUT2D eigenvalue weighted by atomic mass is 9.89. The molecule has 0 saturated carbocycles. The fraction of sp³-hybridized carbons (Fsp3) is 0.236. The molecule has 0 bridgehead atoms. The van der Waals surface area contributed by atoms with Gasteiger partial charge in [0.1, 0.15) is 23.2 Å². The van der Waals surface area contributed by atoms with E-state index in [1.54, 1.807) is 0 Å². The minimum absolute atomic E-state index is 0.0997. The number of H-pyrrole nitrogens is 3. The minimum Gasteiger partial charge on any atom is -0.351 e. The van der Waals surface area contributed by atoms with Crippen molar-refractivity contribution >= 4 is 94.4 Å². The topological polar surface area (TPSA) is 117 Å². The fourth-order valence-corrected chi connectivity index (χ4v) is 11.0. The molecular weight excluding hydrogens is 779 g/mol. The molecule has 12 rings (SSSR count). The van der Waals surface area contributed by atoms with Crippen molar-refractivity contribution in [1.29, 1.82) is 0 Å². The molecule has 0 amide bonds. The number of carbonyl (C=O) groups is 2. The van der Waals surface area contributed by atoms with Gasteiger partial charge in [0, 0.05) is 55.0 Å². The molecule has 1 fully saturated rings. The number of rotatable bonds is 10. The Morgan fingerprint density at radius 1 is 0.794 bits per heavy atom. The van der Waals surface area contributed by atoms with Crippen LogP contribution in [-0.2, 0) is 4.74 Å². The van der Waals surface area contributed by atoms with Crippen LogP contribution in [0.5, 0.6) is 0 Å². The summed E-state index contributed by atoms with van der Waals surface area (Å²) >= 11 is 0. The number of epoxide rings is 1. The molecule has 4 aliphatic carbocycles. The van der Waals surface area contributed by atoms with Crippen LogP contribution in [0.1, 0.15) is 109 Å². The molecule has 0 spiro atoms. The third-order valence-corrected chi connectivity index (χ3v) is 13.7. The zero-order valence-corrected chi connectivity index (χ0v) is 36.0. The molecule has 5 aromatic rings. The van der Waals surface area contributed by atoms with E-state index < -0.39 is 0 Å². The van der Waals surface area contributed by atoms with Crippen molar-refractivity contribution in [3.8, 4) is 0 Å². The van der Waals surface area contributed by atoms with Crippen molar-refractivity contribution in [2.24, 2.45) is 5.92 Å². The summed E-state index contributed by atoms with van der Waals surface area (Å²) in [6.07, 6.45) is 19.4. The molecular formula is C55H48N5O3+. The molecule has 2 unspecified atom stereocenters. The highest BCUT2D eigenvalue weighted by molar-refractivity contribution is 6.20. The van der Waals surface area contributed by atoms with Gasteiger partial charge < -0.3 is 14.7 Å². The van der Waals surface area contributed by atoms with E-state index in [0.29, 0.717) is 17.0 Å². The fourth-order valence-electron chi connectivity index (χ4n) is 11.0. The molecule has 7 aliphatic rings. The van der Waals surface area contributed by atoms with Gasteiger partial charge in [0.25, 0.3) is 0 Å². The van der Waals surface area contributed by atoms with Crippen molar-refractivity contribution in [1.82, 2.24) is 20.3 Å². The molecule has 310 valence electrons. The third kappa shape index (κ3) is 5.60. The smallest absolute Gasteiger partial charge is 0.238 e. The van der Waals surface area contributed by atoms with Crippen LogP contribution in [0.3, 0.4) is 0 Å². The summed E-state index contributed by atoms with van der Waals surface area (Å²) in [6.45, 7) is 13.2. The summed E-state index contributed by atoms with van der Waals surface area (Å²) in [4.78, 5) is 43.5. The summed E-state index contributed by atoms with van der Waals surface area (Å²) in [5, 5.41) is 15.5. The van der Waals surface area contributed by atoms with Crippen LogP contribution in [0, 0.1) is 27.3 Å². The van der Waals surface area contributed by atoms with Crippen molar-refractivity contribution < 1.29 is 19.3 Å². The number of aldehydes is 2. The third-order valence-electron chi connectivity index (χ3n) is 13.7. The Balaban J connectivity index is 1.23. The normalized spacial score (nSPS) is 17.9. The maximum absolute atomic E-state index is 12.8. The summed E-state index contributed by atoms with van der Waals surface area (Å²) in [5.41, 5.74) is 12.8. The average Bonchev–Trinajstić information content (AvgIpc) is 3.88. The number of fused-ring (bicyclic) bond motifs is 6. The molecule has 3 heterocycles. The van der Waals surface area contributed by atoms with Crippen molar-refractivity contribution in [2.75, 3.05) is 0 Å². The van der Waals surface area contributed by atoms with Crippen molar-refractivity contribution in [2.45, 2.75) is 78.2 Å². The van der Waals surface area contributed by atoms with Crippen molar-refractivity contribution in [3.05, 3.63) is 146 Å². The van der Waals surface area contributed by atoms with Gasteiger partial charge in [-0.15, -0.1) is 0 Å². The van der Waals surface area contributed by atoms with Crippen LogP contribution in [0.15, 0.2) is 91.6 Å². The molecule has 4 N–H and O–H groups in total. The first-order valence-corrected chi connectivity index (χ1v) is 22.4. The quantitative estimate of drug-likeness (QED) is 0.0937. The second-order valence-electron chi connectivity index (χ2n) is 18.5. The van der Waals surface area contributed by atoms with Crippen LogP contribution in [0.4, 0.5) is 0 Å². The van der Waals surface area contributed by atoms with Gasteiger partial charge in [0.2, 0.25) is 10.9 Å². The number of benzene rings is 5. The van der Waals surface area contributed by atoms with Gasteiger partial charge in [0.15, 0.2) is 12.6 Å². The highest BCUT2D eigenvalue weighted by Crippen LogP contribution is 2.47. The SMILES string of the molecule is C=C(CC(C)C)c1ccc2c3[nH+]c4c(C5=CC=CCC5)c5[nH]c6c7ccc(C8OC8NC(C)C)c8c(C=O)ccc(c=6nc5c(C5=CC=CCC5)c4[nH]c=3c3ccc(C=O)c1c32)c87.